The Hall–Kier alpha value is -0.860. The quantitative estimate of drug-likeness (QED) is 0.477. The molecule has 0 aliphatic carbocycles. The lowest BCUT2D eigenvalue weighted by atomic mass is 9.65. The number of fused-ring (bicyclic) bond motifs is 3. The zero-order valence-electron chi connectivity index (χ0n) is 21.4. The fourth-order valence-corrected chi connectivity index (χ4v) is 7.01. The van der Waals surface area contributed by atoms with Gasteiger partial charge in [-0.2, -0.15) is 0 Å². The molecule has 3 heterocycles. The molecule has 4 rings (SSSR count). The normalized spacial score (nSPS) is 29.9. The Morgan fingerprint density at radius 3 is 1.53 bits per heavy atom. The predicted molar refractivity (Wildman–Crippen MR) is 130 cm³/mol. The van der Waals surface area contributed by atoms with Crippen molar-refractivity contribution in [2.75, 3.05) is 19.6 Å². The van der Waals surface area contributed by atoms with Gasteiger partial charge in [0.2, 0.25) is 0 Å². The molecule has 0 amide bonds. The van der Waals surface area contributed by atoms with Crippen LogP contribution in [0.25, 0.3) is 0 Å². The van der Waals surface area contributed by atoms with Crippen LogP contribution in [0.4, 0.5) is 0 Å². The van der Waals surface area contributed by atoms with E-state index in [9.17, 15) is 0 Å². The van der Waals surface area contributed by atoms with Crippen LogP contribution < -0.4 is 0 Å². The van der Waals surface area contributed by atoms with Crippen molar-refractivity contribution < 1.29 is 8.97 Å². The van der Waals surface area contributed by atoms with Crippen molar-refractivity contribution in [1.82, 2.24) is 0 Å². The third-order valence-corrected chi connectivity index (χ3v) is 9.61. The summed E-state index contributed by atoms with van der Waals surface area (Å²) >= 11 is 0. The molecule has 2 bridgehead atoms. The molecule has 0 saturated carbocycles. The fourth-order valence-electron chi connectivity index (χ4n) is 7.01. The van der Waals surface area contributed by atoms with E-state index >= 15 is 0 Å². The molecule has 1 aromatic rings. The minimum atomic E-state index is 0.695. The van der Waals surface area contributed by atoms with E-state index in [0.717, 1.165) is 12.0 Å². The van der Waals surface area contributed by atoms with E-state index in [4.69, 9.17) is 0 Å². The number of piperidine rings is 2. The van der Waals surface area contributed by atoms with Crippen LogP contribution in [0.15, 0.2) is 24.3 Å². The lowest BCUT2D eigenvalue weighted by Crippen LogP contribution is -2.65. The summed E-state index contributed by atoms with van der Waals surface area (Å²) < 4.78 is 2.65. The Bertz CT molecular complexity index is 633. The van der Waals surface area contributed by atoms with Crippen LogP contribution in [0.3, 0.4) is 0 Å². The van der Waals surface area contributed by atoms with Crippen LogP contribution in [0.2, 0.25) is 0 Å². The van der Waals surface area contributed by atoms with Gasteiger partial charge in [-0.05, 0) is 73.1 Å². The van der Waals surface area contributed by atoms with Gasteiger partial charge < -0.3 is 8.97 Å². The van der Waals surface area contributed by atoms with Crippen LogP contribution in [0.1, 0.15) is 92.2 Å². The van der Waals surface area contributed by atoms with Gasteiger partial charge in [-0.15, -0.1) is 0 Å². The van der Waals surface area contributed by atoms with Gasteiger partial charge in [-0.25, -0.2) is 0 Å². The van der Waals surface area contributed by atoms with E-state index in [-0.39, 0.29) is 0 Å². The number of hydrogen-bond acceptors (Lipinski definition) is 0. The average Bonchev–Trinajstić information content (AvgIpc) is 3.10. The number of rotatable bonds is 4. The molecule has 170 valence electrons. The van der Waals surface area contributed by atoms with Crippen LogP contribution in [-0.2, 0) is 13.1 Å². The van der Waals surface area contributed by atoms with Crippen LogP contribution >= 0.6 is 0 Å². The minimum Gasteiger partial charge on any atom is -0.321 e. The molecular formula is C28H50N2+2. The largest absolute Gasteiger partial charge is 0.321 e. The van der Waals surface area contributed by atoms with Crippen molar-refractivity contribution >= 4 is 0 Å². The van der Waals surface area contributed by atoms with Crippen LogP contribution in [0, 0.1) is 11.3 Å². The maximum Gasteiger partial charge on any atom is 0.105 e. The summed E-state index contributed by atoms with van der Waals surface area (Å²) in [6.45, 7) is 26.0. The van der Waals surface area contributed by atoms with Crippen LogP contribution in [0.5, 0.6) is 0 Å². The molecule has 0 atom stereocenters. The van der Waals surface area contributed by atoms with Crippen molar-refractivity contribution in [2.45, 2.75) is 112 Å². The standard InChI is InChI=1S/C14H28N.C14H22N/c1-12(2)14-7-5-9-15(11-14,13(3)4)10-6-8-14;1-11(2)15(12(3)4)9-13-7-5-6-8-14(13)10-15/h12-13H,5-11H2,1-4H3;5-8,11-12H,9-10H2,1-4H3/q2*+1. The highest BCUT2D eigenvalue weighted by Gasteiger charge is 2.50. The first-order valence-electron chi connectivity index (χ1n) is 12.9. The number of hydrogen-bond donors (Lipinski definition) is 0. The van der Waals surface area contributed by atoms with E-state index in [2.05, 4.69) is 79.7 Å². The van der Waals surface area contributed by atoms with Crippen molar-refractivity contribution in [3.63, 3.8) is 0 Å². The summed E-state index contributed by atoms with van der Waals surface area (Å²) in [7, 11) is 0. The lowest BCUT2D eigenvalue weighted by Gasteiger charge is -2.57. The molecule has 3 aliphatic rings. The van der Waals surface area contributed by atoms with Gasteiger partial charge in [-0.3, -0.25) is 0 Å². The molecule has 2 nitrogen and oxygen atoms in total. The Labute approximate surface area is 187 Å². The van der Waals surface area contributed by atoms with Gasteiger partial charge in [0.25, 0.3) is 0 Å². The molecule has 2 fully saturated rings. The van der Waals surface area contributed by atoms with Gasteiger partial charge in [0.1, 0.15) is 13.1 Å². The highest BCUT2D eigenvalue weighted by Crippen LogP contribution is 2.48. The minimum absolute atomic E-state index is 0.695. The third-order valence-electron chi connectivity index (χ3n) is 9.61. The molecule has 1 aromatic carbocycles. The van der Waals surface area contributed by atoms with Crippen molar-refractivity contribution in [3.05, 3.63) is 35.4 Å². The first kappa shape index (κ1) is 23.8. The molecule has 30 heavy (non-hydrogen) atoms. The summed E-state index contributed by atoms with van der Waals surface area (Å²) in [5, 5.41) is 0. The van der Waals surface area contributed by atoms with E-state index in [1.165, 1.54) is 67.4 Å². The monoisotopic (exact) mass is 414 g/mol. The Morgan fingerprint density at radius 1 is 0.700 bits per heavy atom. The summed E-state index contributed by atoms with van der Waals surface area (Å²) in [5.74, 6) is 0.884. The number of nitrogens with zero attached hydrogens (tertiary/aromatic N) is 2. The maximum absolute atomic E-state index is 2.45. The Kier molecular flexibility index (Phi) is 7.09. The number of benzene rings is 1. The molecule has 0 radical (unpaired) electrons. The summed E-state index contributed by atoms with van der Waals surface area (Å²) in [6, 6.07) is 11.2. The van der Waals surface area contributed by atoms with Crippen molar-refractivity contribution in [1.29, 1.82) is 0 Å². The van der Waals surface area contributed by atoms with E-state index in [1.807, 2.05) is 0 Å². The molecule has 0 unspecified atom stereocenters. The molecular weight excluding hydrogens is 364 g/mol. The first-order valence-corrected chi connectivity index (χ1v) is 12.9. The SMILES string of the molecule is CC(C)C12CCC[N+](C(C)C)(CCC1)C2.CC(C)[N+]1(C(C)C)Cc2ccccc2C1. The summed E-state index contributed by atoms with van der Waals surface area (Å²) in [5.41, 5.74) is 3.81. The Morgan fingerprint density at radius 2 is 1.17 bits per heavy atom. The molecule has 0 N–H and O–H groups in total. The van der Waals surface area contributed by atoms with Gasteiger partial charge >= 0.3 is 0 Å². The van der Waals surface area contributed by atoms with Gasteiger partial charge in [0.05, 0.1) is 37.8 Å². The third kappa shape index (κ3) is 4.24. The molecule has 3 aliphatic heterocycles. The second kappa shape index (κ2) is 8.94. The van der Waals surface area contributed by atoms with Crippen LogP contribution in [-0.4, -0.2) is 46.7 Å². The fraction of sp³-hybridized carbons (Fsp3) is 0.786. The van der Waals surface area contributed by atoms with Crippen molar-refractivity contribution in [2.24, 2.45) is 11.3 Å². The predicted octanol–water partition coefficient (Wildman–Crippen LogP) is 6.78. The Balaban J connectivity index is 0.000000171. The van der Waals surface area contributed by atoms with Gasteiger partial charge in [-0.1, -0.05) is 38.1 Å². The smallest absolute Gasteiger partial charge is 0.105 e. The second-order valence-corrected chi connectivity index (χ2v) is 12.0. The van der Waals surface area contributed by atoms with E-state index in [0.29, 0.717) is 17.5 Å². The average molecular weight is 415 g/mol. The molecule has 2 saturated heterocycles. The van der Waals surface area contributed by atoms with E-state index < -0.39 is 0 Å². The van der Waals surface area contributed by atoms with E-state index in [1.54, 1.807) is 11.1 Å². The highest BCUT2D eigenvalue weighted by molar-refractivity contribution is 5.28. The summed E-state index contributed by atoms with van der Waals surface area (Å²) in [4.78, 5) is 0. The number of quaternary nitrogens is 2. The molecule has 0 spiro atoms. The zero-order valence-corrected chi connectivity index (χ0v) is 21.4. The topological polar surface area (TPSA) is 0 Å². The molecule has 0 aromatic heterocycles. The van der Waals surface area contributed by atoms with Gasteiger partial charge in [0, 0.05) is 16.5 Å². The lowest BCUT2D eigenvalue weighted by molar-refractivity contribution is -0.985. The first-order chi connectivity index (χ1) is 14.1. The maximum atomic E-state index is 2.45. The van der Waals surface area contributed by atoms with Crippen molar-refractivity contribution in [3.8, 4) is 0 Å². The van der Waals surface area contributed by atoms with Gasteiger partial charge in [0.15, 0.2) is 0 Å². The summed E-state index contributed by atoms with van der Waals surface area (Å²) in [6.07, 6.45) is 5.93. The highest BCUT2D eigenvalue weighted by atomic mass is 15.4. The second-order valence-electron chi connectivity index (χ2n) is 12.0. The zero-order chi connectivity index (χ0) is 22.2. The molecule has 2 heteroatoms.